The average molecular weight is 467 g/mol. The zero-order valence-electron chi connectivity index (χ0n) is 18.7. The molecule has 1 amide bonds. The van der Waals surface area contributed by atoms with Crippen molar-refractivity contribution in [2.45, 2.75) is 23.1 Å². The van der Waals surface area contributed by atoms with Gasteiger partial charge in [0.25, 0.3) is 5.91 Å². The first-order valence-corrected chi connectivity index (χ1v) is 12.6. The maximum Gasteiger partial charge on any atom is 0.252 e. The Morgan fingerprint density at radius 3 is 2.79 bits per heavy atom. The molecule has 2 aliphatic heterocycles. The number of thioether (sulfide) groups is 1. The Hall–Kier alpha value is -2.39. The molecule has 4 heterocycles. The lowest BCUT2D eigenvalue weighted by Crippen LogP contribution is -2.52. The van der Waals surface area contributed by atoms with Gasteiger partial charge < -0.3 is 19.2 Å². The summed E-state index contributed by atoms with van der Waals surface area (Å²) in [5, 5.41) is 3.22. The van der Waals surface area contributed by atoms with Crippen molar-refractivity contribution < 1.29 is 14.3 Å². The molecule has 0 spiro atoms. The van der Waals surface area contributed by atoms with Crippen LogP contribution < -0.4 is 5.32 Å². The van der Waals surface area contributed by atoms with E-state index in [2.05, 4.69) is 15.2 Å². The zero-order chi connectivity index (χ0) is 22.5. The number of morpholine rings is 1. The van der Waals surface area contributed by atoms with Crippen molar-refractivity contribution in [1.82, 2.24) is 19.6 Å². The number of benzene rings is 1. The number of nitrogens with zero attached hydrogens (tertiary/aromatic N) is 3. The highest BCUT2D eigenvalue weighted by atomic mass is 32.2. The summed E-state index contributed by atoms with van der Waals surface area (Å²) in [7, 11) is 0. The standard InChI is InChI=1S/C25H30N4O3S/c30-25(26-15-22(19-8-12-32-17-19)28-10-13-31-14-11-28)21-5-1-2-6-23(21)33-18-20-16-29-9-4-3-7-24(29)27-20/h1-7,9,16,19,22H,8,10-15,17-18H2,(H,26,30). The van der Waals surface area contributed by atoms with Crippen LogP contribution >= 0.6 is 11.8 Å². The van der Waals surface area contributed by atoms with Crippen LogP contribution in [0, 0.1) is 5.92 Å². The molecule has 3 aromatic rings. The van der Waals surface area contributed by atoms with Gasteiger partial charge in [0.05, 0.1) is 31.1 Å². The van der Waals surface area contributed by atoms with Crippen molar-refractivity contribution in [3.8, 4) is 0 Å². The minimum atomic E-state index is -0.0229. The van der Waals surface area contributed by atoms with Gasteiger partial charge in [-0.3, -0.25) is 9.69 Å². The number of fused-ring (bicyclic) bond motifs is 1. The van der Waals surface area contributed by atoms with E-state index in [0.29, 0.717) is 18.2 Å². The van der Waals surface area contributed by atoms with Gasteiger partial charge in [0.2, 0.25) is 0 Å². The summed E-state index contributed by atoms with van der Waals surface area (Å²) < 4.78 is 13.2. The van der Waals surface area contributed by atoms with Crippen LogP contribution in [0.3, 0.4) is 0 Å². The van der Waals surface area contributed by atoms with Crippen molar-refractivity contribution in [3.63, 3.8) is 0 Å². The van der Waals surface area contributed by atoms with Gasteiger partial charge in [0.15, 0.2) is 0 Å². The van der Waals surface area contributed by atoms with Crippen LogP contribution in [0.15, 0.2) is 59.8 Å². The molecule has 0 aliphatic carbocycles. The Morgan fingerprint density at radius 2 is 1.97 bits per heavy atom. The normalized spacial score (nSPS) is 20.2. The molecule has 0 radical (unpaired) electrons. The van der Waals surface area contributed by atoms with Crippen LogP contribution in [0.1, 0.15) is 22.5 Å². The molecule has 2 aromatic heterocycles. The third-order valence-corrected chi connectivity index (χ3v) is 7.52. The number of carbonyl (C=O) groups is 1. The SMILES string of the molecule is O=C(NCC(C1CCOC1)N1CCOCC1)c1ccccc1SCc1cn2ccccc2n1. The van der Waals surface area contributed by atoms with E-state index >= 15 is 0 Å². The number of rotatable bonds is 8. The second-order valence-corrected chi connectivity index (χ2v) is 9.55. The topological polar surface area (TPSA) is 68.1 Å². The minimum absolute atomic E-state index is 0.0229. The van der Waals surface area contributed by atoms with Gasteiger partial charge in [-0.2, -0.15) is 0 Å². The Bertz CT molecular complexity index is 1040. The van der Waals surface area contributed by atoms with E-state index in [4.69, 9.17) is 9.47 Å². The summed E-state index contributed by atoms with van der Waals surface area (Å²) in [5.74, 6) is 1.13. The van der Waals surface area contributed by atoms with Crippen molar-refractivity contribution in [1.29, 1.82) is 0 Å². The van der Waals surface area contributed by atoms with Crippen molar-refractivity contribution >= 4 is 23.3 Å². The number of nitrogens with one attached hydrogen (secondary N) is 1. The van der Waals surface area contributed by atoms with E-state index in [1.165, 1.54) is 0 Å². The summed E-state index contributed by atoms with van der Waals surface area (Å²) in [6.45, 7) is 5.51. The number of hydrogen-bond donors (Lipinski definition) is 1. The van der Waals surface area contributed by atoms with E-state index in [-0.39, 0.29) is 11.9 Å². The Kier molecular flexibility index (Phi) is 7.26. The summed E-state index contributed by atoms with van der Waals surface area (Å²) in [4.78, 5) is 21.3. The van der Waals surface area contributed by atoms with Gasteiger partial charge in [0.1, 0.15) is 5.65 Å². The van der Waals surface area contributed by atoms with E-state index in [1.807, 2.05) is 59.3 Å². The molecule has 7 nitrogen and oxygen atoms in total. The fourth-order valence-corrected chi connectivity index (χ4v) is 5.57. The fourth-order valence-electron chi connectivity index (χ4n) is 4.64. The third kappa shape index (κ3) is 5.41. The number of imidazole rings is 1. The van der Waals surface area contributed by atoms with Crippen molar-refractivity contribution in [2.75, 3.05) is 46.1 Å². The van der Waals surface area contributed by atoms with Crippen LogP contribution in [-0.2, 0) is 15.2 Å². The van der Waals surface area contributed by atoms with E-state index in [9.17, 15) is 4.79 Å². The molecule has 8 heteroatoms. The van der Waals surface area contributed by atoms with Crippen LogP contribution in [0.25, 0.3) is 5.65 Å². The van der Waals surface area contributed by atoms with Gasteiger partial charge in [-0.15, -0.1) is 11.8 Å². The molecule has 1 aromatic carbocycles. The third-order valence-electron chi connectivity index (χ3n) is 6.42. The van der Waals surface area contributed by atoms with Gasteiger partial charge >= 0.3 is 0 Å². The van der Waals surface area contributed by atoms with Crippen LogP contribution in [0.5, 0.6) is 0 Å². The summed E-state index contributed by atoms with van der Waals surface area (Å²) in [6.07, 6.45) is 5.09. The first-order chi connectivity index (χ1) is 16.3. The number of amides is 1. The van der Waals surface area contributed by atoms with Crippen molar-refractivity contribution in [2.24, 2.45) is 5.92 Å². The Morgan fingerprint density at radius 1 is 1.12 bits per heavy atom. The second kappa shape index (κ2) is 10.7. The number of pyridine rings is 1. The summed E-state index contributed by atoms with van der Waals surface area (Å²) in [5.41, 5.74) is 2.65. The maximum absolute atomic E-state index is 13.2. The molecule has 0 bridgehead atoms. The highest BCUT2D eigenvalue weighted by Gasteiger charge is 2.32. The smallest absolute Gasteiger partial charge is 0.252 e. The lowest BCUT2D eigenvalue weighted by atomic mass is 9.96. The zero-order valence-corrected chi connectivity index (χ0v) is 19.5. The largest absolute Gasteiger partial charge is 0.381 e. The van der Waals surface area contributed by atoms with Gasteiger partial charge in [0, 0.05) is 61.2 Å². The highest BCUT2D eigenvalue weighted by Crippen LogP contribution is 2.27. The highest BCUT2D eigenvalue weighted by molar-refractivity contribution is 7.98. The Balaban J connectivity index is 1.24. The van der Waals surface area contributed by atoms with Gasteiger partial charge in [-0.1, -0.05) is 18.2 Å². The molecule has 5 rings (SSSR count). The number of carbonyl (C=O) groups excluding carboxylic acids is 1. The lowest BCUT2D eigenvalue weighted by molar-refractivity contribution is 0.00166. The summed E-state index contributed by atoms with van der Waals surface area (Å²) in [6, 6.07) is 14.1. The quantitative estimate of drug-likeness (QED) is 0.515. The molecule has 2 atom stereocenters. The van der Waals surface area contributed by atoms with Gasteiger partial charge in [-0.25, -0.2) is 4.98 Å². The van der Waals surface area contributed by atoms with E-state index in [1.54, 1.807) is 11.8 Å². The van der Waals surface area contributed by atoms with E-state index < -0.39 is 0 Å². The van der Waals surface area contributed by atoms with Gasteiger partial charge in [-0.05, 0) is 30.7 Å². The molecule has 33 heavy (non-hydrogen) atoms. The maximum atomic E-state index is 13.2. The summed E-state index contributed by atoms with van der Waals surface area (Å²) >= 11 is 1.65. The minimum Gasteiger partial charge on any atom is -0.381 e. The van der Waals surface area contributed by atoms with Crippen LogP contribution in [0.2, 0.25) is 0 Å². The van der Waals surface area contributed by atoms with E-state index in [0.717, 1.165) is 67.7 Å². The molecule has 174 valence electrons. The first kappa shape index (κ1) is 22.4. The molecule has 2 fully saturated rings. The second-order valence-electron chi connectivity index (χ2n) is 8.53. The molecular formula is C25H30N4O3S. The first-order valence-electron chi connectivity index (χ1n) is 11.6. The lowest BCUT2D eigenvalue weighted by Gasteiger charge is -2.37. The van der Waals surface area contributed by atoms with Crippen molar-refractivity contribution in [3.05, 3.63) is 66.1 Å². The average Bonchev–Trinajstić information content (AvgIpc) is 3.54. The molecule has 2 saturated heterocycles. The van der Waals surface area contributed by atoms with Crippen LogP contribution in [-0.4, -0.2) is 72.3 Å². The number of hydrogen-bond acceptors (Lipinski definition) is 6. The number of ether oxygens (including phenoxy) is 2. The predicted octanol–water partition coefficient (Wildman–Crippen LogP) is 3.09. The fraction of sp³-hybridized carbons (Fsp3) is 0.440. The molecule has 0 saturated carbocycles. The molecule has 2 unspecified atom stereocenters. The molecular weight excluding hydrogens is 436 g/mol. The Labute approximate surface area is 198 Å². The number of aromatic nitrogens is 2. The predicted molar refractivity (Wildman–Crippen MR) is 129 cm³/mol. The van der Waals surface area contributed by atoms with Crippen LogP contribution in [0.4, 0.5) is 0 Å². The molecule has 2 aliphatic rings. The monoisotopic (exact) mass is 466 g/mol. The molecule has 1 N–H and O–H groups in total.